The normalized spacial score (nSPS) is 17.8. The minimum atomic E-state index is 0.102. The first-order valence-electron chi connectivity index (χ1n) is 8.14. The number of likely N-dealkylation sites (tertiary alicyclic amines) is 1. The zero-order valence-electron chi connectivity index (χ0n) is 13.1. The van der Waals surface area contributed by atoms with E-state index in [4.69, 9.17) is 0 Å². The van der Waals surface area contributed by atoms with Gasteiger partial charge < -0.3 is 15.1 Å². The molecule has 0 aliphatic carbocycles. The zero-order chi connectivity index (χ0) is 14.1. The summed E-state index contributed by atoms with van der Waals surface area (Å²) in [4.78, 5) is 15.9. The quantitative estimate of drug-likeness (QED) is 0.561. The van der Waals surface area contributed by atoms with E-state index in [2.05, 4.69) is 31.0 Å². The molecule has 4 heteroatoms. The largest absolute Gasteiger partial charge is 0.338 e. The third-order valence-electron chi connectivity index (χ3n) is 4.31. The zero-order valence-corrected chi connectivity index (χ0v) is 13.1. The van der Waals surface area contributed by atoms with Crippen LogP contribution in [-0.2, 0) is 4.79 Å². The molecule has 0 unspecified atom stereocenters. The van der Waals surface area contributed by atoms with Crippen LogP contribution >= 0.6 is 0 Å². The number of piperidine rings is 1. The molecule has 0 bridgehead atoms. The van der Waals surface area contributed by atoms with Crippen LogP contribution in [-0.4, -0.2) is 56.1 Å². The van der Waals surface area contributed by atoms with Crippen molar-refractivity contribution in [2.24, 2.45) is 0 Å². The van der Waals surface area contributed by atoms with E-state index in [0.29, 0.717) is 5.91 Å². The highest BCUT2D eigenvalue weighted by atomic mass is 16.2. The third-order valence-corrected chi connectivity index (χ3v) is 4.31. The van der Waals surface area contributed by atoms with E-state index >= 15 is 0 Å². The molecule has 0 radical (unpaired) electrons. The maximum atomic E-state index is 12.2. The van der Waals surface area contributed by atoms with Gasteiger partial charge in [0.1, 0.15) is 0 Å². The van der Waals surface area contributed by atoms with Gasteiger partial charge in [0, 0.05) is 19.5 Å². The van der Waals surface area contributed by atoms with Gasteiger partial charge in [0.2, 0.25) is 0 Å². The van der Waals surface area contributed by atoms with Gasteiger partial charge in [-0.15, -0.1) is 0 Å². The third kappa shape index (κ3) is 5.91. The molecular formula is C15H33N3O+2. The molecule has 4 nitrogen and oxygen atoms in total. The summed E-state index contributed by atoms with van der Waals surface area (Å²) in [5.41, 5.74) is 0. The van der Waals surface area contributed by atoms with Crippen LogP contribution < -0.4 is 10.2 Å². The number of nitrogens with two attached hydrogens (primary N) is 1. The molecule has 0 aromatic carbocycles. The van der Waals surface area contributed by atoms with Gasteiger partial charge in [-0.3, -0.25) is 4.79 Å². The van der Waals surface area contributed by atoms with Gasteiger partial charge in [0.15, 0.2) is 6.04 Å². The molecule has 1 aliphatic heterocycles. The molecule has 0 spiro atoms. The smallest absolute Gasteiger partial charge is 0.280 e. The topological polar surface area (TPSA) is 41.4 Å². The van der Waals surface area contributed by atoms with Gasteiger partial charge in [0.25, 0.3) is 5.91 Å². The fourth-order valence-corrected chi connectivity index (χ4v) is 2.83. The number of hydrogen-bond acceptors (Lipinski definition) is 1. The Morgan fingerprint density at radius 3 is 2.42 bits per heavy atom. The molecule has 19 heavy (non-hydrogen) atoms. The minimum Gasteiger partial charge on any atom is -0.338 e. The van der Waals surface area contributed by atoms with Crippen LogP contribution in [0.25, 0.3) is 0 Å². The second-order valence-electron chi connectivity index (χ2n) is 5.76. The summed E-state index contributed by atoms with van der Waals surface area (Å²) < 4.78 is 0. The predicted molar refractivity (Wildman–Crippen MR) is 78.2 cm³/mol. The average Bonchev–Trinajstić information content (AvgIpc) is 2.47. The number of nitrogens with zero attached hydrogens (tertiary/aromatic N) is 1. The number of quaternary nitrogens is 2. The monoisotopic (exact) mass is 271 g/mol. The molecule has 0 saturated carbocycles. The summed E-state index contributed by atoms with van der Waals surface area (Å²) in [6.07, 6.45) is 4.86. The lowest BCUT2D eigenvalue weighted by molar-refractivity contribution is -0.898. The summed E-state index contributed by atoms with van der Waals surface area (Å²) in [7, 11) is 0. The first-order chi connectivity index (χ1) is 9.19. The van der Waals surface area contributed by atoms with Crippen molar-refractivity contribution in [2.45, 2.75) is 52.5 Å². The maximum absolute atomic E-state index is 12.2. The summed E-state index contributed by atoms with van der Waals surface area (Å²) in [6, 6.07) is 0.102. The van der Waals surface area contributed by atoms with Crippen LogP contribution in [0.4, 0.5) is 0 Å². The SMILES string of the molecule is CC[NH+](CC)CCC[NH2+][C@H](C)C(=O)N1CCCCC1. The highest BCUT2D eigenvalue weighted by Crippen LogP contribution is 2.08. The van der Waals surface area contributed by atoms with E-state index < -0.39 is 0 Å². The Balaban J connectivity index is 2.15. The van der Waals surface area contributed by atoms with Gasteiger partial charge in [-0.1, -0.05) is 0 Å². The summed E-state index contributed by atoms with van der Waals surface area (Å²) in [5, 5.41) is 2.22. The Morgan fingerprint density at radius 1 is 1.21 bits per heavy atom. The van der Waals surface area contributed by atoms with Crippen LogP contribution in [0.2, 0.25) is 0 Å². The average molecular weight is 271 g/mol. The molecule has 0 aromatic heterocycles. The summed E-state index contributed by atoms with van der Waals surface area (Å²) in [5.74, 6) is 0.342. The van der Waals surface area contributed by atoms with Crippen LogP contribution in [0.5, 0.6) is 0 Å². The Morgan fingerprint density at radius 2 is 1.84 bits per heavy atom. The number of nitrogens with one attached hydrogen (secondary N) is 1. The summed E-state index contributed by atoms with van der Waals surface area (Å²) in [6.45, 7) is 13.2. The highest BCUT2D eigenvalue weighted by Gasteiger charge is 2.24. The molecule has 1 saturated heterocycles. The first kappa shape index (κ1) is 16.4. The lowest BCUT2D eigenvalue weighted by Gasteiger charge is -2.28. The van der Waals surface area contributed by atoms with Crippen molar-refractivity contribution in [1.82, 2.24) is 4.90 Å². The molecule has 1 fully saturated rings. The number of carbonyl (C=O) groups excluding carboxylic acids is 1. The molecule has 3 N–H and O–H groups in total. The molecule has 1 atom stereocenters. The molecule has 1 heterocycles. The number of carbonyl (C=O) groups is 1. The van der Waals surface area contributed by atoms with E-state index in [1.165, 1.54) is 45.3 Å². The van der Waals surface area contributed by atoms with E-state index in [1.807, 2.05) is 0 Å². The lowest BCUT2D eigenvalue weighted by atomic mass is 10.1. The van der Waals surface area contributed by atoms with Gasteiger partial charge in [0.05, 0.1) is 26.2 Å². The van der Waals surface area contributed by atoms with Crippen LogP contribution in [0, 0.1) is 0 Å². The van der Waals surface area contributed by atoms with Crippen molar-refractivity contribution in [3.05, 3.63) is 0 Å². The molecular weight excluding hydrogens is 238 g/mol. The number of amides is 1. The lowest BCUT2D eigenvalue weighted by Crippen LogP contribution is -3.11. The van der Waals surface area contributed by atoms with Crippen molar-refractivity contribution < 1.29 is 15.0 Å². The van der Waals surface area contributed by atoms with Crippen molar-refractivity contribution in [2.75, 3.05) is 39.3 Å². The van der Waals surface area contributed by atoms with E-state index in [9.17, 15) is 4.79 Å². The van der Waals surface area contributed by atoms with Gasteiger partial charge in [-0.2, -0.15) is 0 Å². The Hall–Kier alpha value is -0.610. The standard InChI is InChI=1S/C15H31N3O/c1-4-17(5-2)11-9-10-16-14(3)15(19)18-12-7-6-8-13-18/h14,16H,4-13H2,1-3H3/p+2/t14-/m1/s1. The fraction of sp³-hybridized carbons (Fsp3) is 0.933. The molecule has 0 aromatic rings. The van der Waals surface area contributed by atoms with E-state index in [-0.39, 0.29) is 6.04 Å². The second-order valence-corrected chi connectivity index (χ2v) is 5.76. The molecule has 1 amide bonds. The van der Waals surface area contributed by atoms with Crippen LogP contribution in [0.3, 0.4) is 0 Å². The van der Waals surface area contributed by atoms with Crippen molar-refractivity contribution in [1.29, 1.82) is 0 Å². The number of rotatable bonds is 8. The first-order valence-corrected chi connectivity index (χ1v) is 8.14. The fourth-order valence-electron chi connectivity index (χ4n) is 2.83. The minimum absolute atomic E-state index is 0.102. The number of hydrogen-bond donors (Lipinski definition) is 2. The molecule has 112 valence electrons. The maximum Gasteiger partial charge on any atom is 0.280 e. The van der Waals surface area contributed by atoms with Crippen molar-refractivity contribution in [3.8, 4) is 0 Å². The van der Waals surface area contributed by atoms with Crippen molar-refractivity contribution >= 4 is 5.91 Å². The Kier molecular flexibility index (Phi) is 8.07. The predicted octanol–water partition coefficient (Wildman–Crippen LogP) is -0.734. The van der Waals surface area contributed by atoms with Gasteiger partial charge >= 0.3 is 0 Å². The van der Waals surface area contributed by atoms with Crippen LogP contribution in [0.1, 0.15) is 46.5 Å². The Bertz CT molecular complexity index is 248. The van der Waals surface area contributed by atoms with Gasteiger partial charge in [-0.05, 0) is 40.0 Å². The summed E-state index contributed by atoms with van der Waals surface area (Å²) >= 11 is 0. The van der Waals surface area contributed by atoms with Gasteiger partial charge in [-0.25, -0.2) is 0 Å². The molecule has 1 aliphatic rings. The van der Waals surface area contributed by atoms with Crippen LogP contribution in [0.15, 0.2) is 0 Å². The second kappa shape index (κ2) is 9.32. The highest BCUT2D eigenvalue weighted by molar-refractivity contribution is 5.80. The van der Waals surface area contributed by atoms with Crippen molar-refractivity contribution in [3.63, 3.8) is 0 Å². The Labute approximate surface area is 118 Å². The molecule has 1 rings (SSSR count). The van der Waals surface area contributed by atoms with E-state index in [0.717, 1.165) is 19.6 Å². The van der Waals surface area contributed by atoms with E-state index in [1.54, 1.807) is 4.90 Å².